The molecule has 0 aliphatic carbocycles. The van der Waals surface area contributed by atoms with E-state index in [1.54, 1.807) is 18.6 Å². The molecule has 3 heterocycles. The maximum atomic E-state index is 12.4. The van der Waals surface area contributed by atoms with Crippen LogP contribution in [0.4, 0.5) is 5.82 Å². The van der Waals surface area contributed by atoms with Gasteiger partial charge in [0.05, 0.1) is 34.2 Å². The van der Waals surface area contributed by atoms with Crippen molar-refractivity contribution in [3.05, 3.63) is 47.0 Å². The SMILES string of the molecule is CCOC(=O)[C@@H]1CCCN1c1cc(-n2ccnc2)c2ccc(Cl)c(Cl)c2n1. The maximum absolute atomic E-state index is 12.4. The number of hydrogen-bond donors (Lipinski definition) is 0. The summed E-state index contributed by atoms with van der Waals surface area (Å²) < 4.78 is 7.14. The van der Waals surface area contributed by atoms with E-state index in [0.717, 1.165) is 30.5 Å². The zero-order valence-corrected chi connectivity index (χ0v) is 16.2. The number of anilines is 1. The molecule has 6 nitrogen and oxygen atoms in total. The first kappa shape index (κ1) is 18.1. The number of ether oxygens (including phenoxy) is 1. The summed E-state index contributed by atoms with van der Waals surface area (Å²) in [6.45, 7) is 2.89. The Morgan fingerprint density at radius 1 is 1.37 bits per heavy atom. The minimum Gasteiger partial charge on any atom is -0.464 e. The van der Waals surface area contributed by atoms with Crippen LogP contribution in [0.3, 0.4) is 0 Å². The lowest BCUT2D eigenvalue weighted by Gasteiger charge is -2.25. The first-order chi connectivity index (χ1) is 13.1. The lowest BCUT2D eigenvalue weighted by molar-refractivity contribution is -0.144. The minimum absolute atomic E-state index is 0.224. The second-order valence-corrected chi connectivity index (χ2v) is 7.12. The van der Waals surface area contributed by atoms with Crippen LogP contribution in [-0.2, 0) is 9.53 Å². The van der Waals surface area contributed by atoms with Gasteiger partial charge in [0.2, 0.25) is 0 Å². The number of nitrogens with zero attached hydrogens (tertiary/aromatic N) is 4. The van der Waals surface area contributed by atoms with E-state index in [9.17, 15) is 4.79 Å². The largest absolute Gasteiger partial charge is 0.464 e. The summed E-state index contributed by atoms with van der Waals surface area (Å²) >= 11 is 12.7. The normalized spacial score (nSPS) is 16.9. The van der Waals surface area contributed by atoms with Gasteiger partial charge in [-0.05, 0) is 31.9 Å². The van der Waals surface area contributed by atoms with Gasteiger partial charge in [0.25, 0.3) is 0 Å². The molecule has 0 spiro atoms. The zero-order chi connectivity index (χ0) is 19.0. The van der Waals surface area contributed by atoms with Crippen molar-refractivity contribution in [3.63, 3.8) is 0 Å². The Hall–Kier alpha value is -2.31. The van der Waals surface area contributed by atoms with Crippen LogP contribution in [0, 0.1) is 0 Å². The molecule has 0 saturated carbocycles. The summed E-state index contributed by atoms with van der Waals surface area (Å²) in [6, 6.07) is 5.25. The zero-order valence-electron chi connectivity index (χ0n) is 14.7. The number of hydrogen-bond acceptors (Lipinski definition) is 5. The summed E-state index contributed by atoms with van der Waals surface area (Å²) in [5, 5.41) is 1.69. The van der Waals surface area contributed by atoms with Crippen LogP contribution in [-0.4, -0.2) is 39.7 Å². The smallest absolute Gasteiger partial charge is 0.328 e. The number of esters is 1. The topological polar surface area (TPSA) is 60.2 Å². The monoisotopic (exact) mass is 404 g/mol. The van der Waals surface area contributed by atoms with Gasteiger partial charge in [-0.1, -0.05) is 23.2 Å². The highest BCUT2D eigenvalue weighted by Crippen LogP contribution is 2.36. The molecule has 2 aromatic heterocycles. The van der Waals surface area contributed by atoms with E-state index in [1.807, 2.05) is 34.7 Å². The highest BCUT2D eigenvalue weighted by atomic mass is 35.5. The van der Waals surface area contributed by atoms with Crippen molar-refractivity contribution in [3.8, 4) is 5.69 Å². The summed E-state index contributed by atoms with van der Waals surface area (Å²) in [5.41, 5.74) is 1.47. The summed E-state index contributed by atoms with van der Waals surface area (Å²) in [6.07, 6.45) is 6.91. The van der Waals surface area contributed by atoms with E-state index >= 15 is 0 Å². The Morgan fingerprint density at radius 3 is 2.96 bits per heavy atom. The van der Waals surface area contributed by atoms with E-state index in [1.165, 1.54) is 0 Å². The Kier molecular flexibility index (Phi) is 4.93. The van der Waals surface area contributed by atoms with Crippen LogP contribution in [0.15, 0.2) is 36.9 Å². The number of halogens is 2. The van der Waals surface area contributed by atoms with Crippen LogP contribution in [0.25, 0.3) is 16.6 Å². The molecule has 1 aliphatic rings. The van der Waals surface area contributed by atoms with Crippen LogP contribution >= 0.6 is 23.2 Å². The predicted molar refractivity (Wildman–Crippen MR) is 106 cm³/mol. The number of rotatable bonds is 4. The van der Waals surface area contributed by atoms with Crippen LogP contribution in [0.1, 0.15) is 19.8 Å². The van der Waals surface area contributed by atoms with Gasteiger partial charge in [-0.15, -0.1) is 0 Å². The molecule has 4 rings (SSSR count). The number of carbonyl (C=O) groups excluding carboxylic acids is 1. The van der Waals surface area contributed by atoms with E-state index in [0.29, 0.717) is 28.0 Å². The third-order valence-electron chi connectivity index (χ3n) is 4.73. The molecule has 1 saturated heterocycles. The van der Waals surface area contributed by atoms with Gasteiger partial charge in [0, 0.05) is 30.4 Å². The second-order valence-electron chi connectivity index (χ2n) is 6.33. The van der Waals surface area contributed by atoms with Crippen molar-refractivity contribution >= 4 is 45.9 Å². The Balaban J connectivity index is 1.88. The van der Waals surface area contributed by atoms with E-state index in [2.05, 4.69) is 4.98 Å². The molecule has 1 aromatic carbocycles. The highest BCUT2D eigenvalue weighted by Gasteiger charge is 2.33. The van der Waals surface area contributed by atoms with Gasteiger partial charge >= 0.3 is 5.97 Å². The number of aromatic nitrogens is 3. The first-order valence-electron chi connectivity index (χ1n) is 8.80. The Bertz CT molecular complexity index is 991. The van der Waals surface area contributed by atoms with Crippen molar-refractivity contribution in [2.45, 2.75) is 25.8 Å². The molecule has 0 N–H and O–H groups in total. The molecule has 0 amide bonds. The van der Waals surface area contributed by atoms with E-state index in [4.69, 9.17) is 32.9 Å². The number of fused-ring (bicyclic) bond motifs is 1. The fourth-order valence-corrected chi connectivity index (χ4v) is 3.85. The summed E-state index contributed by atoms with van der Waals surface area (Å²) in [7, 11) is 0. The molecule has 1 atom stereocenters. The molecular weight excluding hydrogens is 387 g/mol. The Morgan fingerprint density at radius 2 is 2.22 bits per heavy atom. The van der Waals surface area contributed by atoms with Crippen molar-refractivity contribution in [2.24, 2.45) is 0 Å². The van der Waals surface area contributed by atoms with Crippen molar-refractivity contribution in [1.82, 2.24) is 14.5 Å². The molecule has 0 unspecified atom stereocenters. The Labute approximate surface area is 166 Å². The molecule has 27 heavy (non-hydrogen) atoms. The predicted octanol–water partition coefficient (Wildman–Crippen LogP) is 4.26. The lowest BCUT2D eigenvalue weighted by Crippen LogP contribution is -2.38. The molecule has 0 bridgehead atoms. The van der Waals surface area contributed by atoms with E-state index in [-0.39, 0.29) is 12.0 Å². The third-order valence-corrected chi connectivity index (χ3v) is 5.52. The quantitative estimate of drug-likeness (QED) is 0.607. The molecule has 3 aromatic rings. The fraction of sp³-hybridized carbons (Fsp3) is 0.316. The van der Waals surface area contributed by atoms with Crippen LogP contribution < -0.4 is 4.90 Å². The van der Waals surface area contributed by atoms with Crippen molar-refractivity contribution in [1.29, 1.82) is 0 Å². The summed E-state index contributed by atoms with van der Waals surface area (Å²) in [4.78, 5) is 23.2. The standard InChI is InChI=1S/C19H18Cl2N4O2/c1-2-27-19(26)14-4-3-8-25(14)16-10-15(24-9-7-22-11-24)12-5-6-13(20)17(21)18(12)23-16/h5-7,9-11,14H,2-4,8H2,1H3/t14-/m0/s1. The number of benzene rings is 1. The maximum Gasteiger partial charge on any atom is 0.328 e. The van der Waals surface area contributed by atoms with E-state index < -0.39 is 0 Å². The highest BCUT2D eigenvalue weighted by molar-refractivity contribution is 6.45. The van der Waals surface area contributed by atoms with Gasteiger partial charge in [-0.3, -0.25) is 0 Å². The van der Waals surface area contributed by atoms with Gasteiger partial charge in [0.15, 0.2) is 0 Å². The summed E-state index contributed by atoms with van der Waals surface area (Å²) in [5.74, 6) is 0.448. The van der Waals surface area contributed by atoms with Gasteiger partial charge in [0.1, 0.15) is 11.9 Å². The van der Waals surface area contributed by atoms with Crippen LogP contribution in [0.2, 0.25) is 10.0 Å². The minimum atomic E-state index is -0.344. The fourth-order valence-electron chi connectivity index (χ4n) is 3.49. The molecule has 0 radical (unpaired) electrons. The number of carbonyl (C=O) groups is 1. The molecule has 8 heteroatoms. The third kappa shape index (κ3) is 3.24. The molecule has 1 aliphatic heterocycles. The second kappa shape index (κ2) is 7.37. The van der Waals surface area contributed by atoms with Gasteiger partial charge in [-0.2, -0.15) is 0 Å². The van der Waals surface area contributed by atoms with Crippen LogP contribution in [0.5, 0.6) is 0 Å². The number of imidazole rings is 1. The number of pyridine rings is 1. The average Bonchev–Trinajstić information content (AvgIpc) is 3.36. The van der Waals surface area contributed by atoms with Gasteiger partial charge < -0.3 is 14.2 Å². The molecule has 140 valence electrons. The molecular formula is C19H18Cl2N4O2. The molecule has 1 fully saturated rings. The lowest BCUT2D eigenvalue weighted by atomic mass is 10.1. The van der Waals surface area contributed by atoms with Crippen molar-refractivity contribution < 1.29 is 9.53 Å². The first-order valence-corrected chi connectivity index (χ1v) is 9.56. The average molecular weight is 405 g/mol. The van der Waals surface area contributed by atoms with Gasteiger partial charge in [-0.25, -0.2) is 14.8 Å². The van der Waals surface area contributed by atoms with Crippen molar-refractivity contribution in [2.75, 3.05) is 18.1 Å².